The van der Waals surface area contributed by atoms with Crippen molar-refractivity contribution in [2.75, 3.05) is 5.32 Å². The summed E-state index contributed by atoms with van der Waals surface area (Å²) >= 11 is 1.77. The Morgan fingerprint density at radius 2 is 1.67 bits per heavy atom. The van der Waals surface area contributed by atoms with Crippen LogP contribution >= 0.6 is 11.8 Å². The zero-order valence-corrected chi connectivity index (χ0v) is 15.7. The molecule has 0 spiro atoms. The van der Waals surface area contributed by atoms with Crippen LogP contribution in [0.5, 0.6) is 5.75 Å². The molecule has 138 valence electrons. The minimum absolute atomic E-state index is 0.259. The highest BCUT2D eigenvalue weighted by atomic mass is 32.2. The van der Waals surface area contributed by atoms with Crippen molar-refractivity contribution in [3.05, 3.63) is 90.2 Å². The number of benzene rings is 3. The van der Waals surface area contributed by atoms with Gasteiger partial charge in [-0.1, -0.05) is 30.3 Å². The molecule has 3 nitrogen and oxygen atoms in total. The lowest BCUT2D eigenvalue weighted by molar-refractivity contribution is -0.122. The van der Waals surface area contributed by atoms with E-state index in [9.17, 15) is 9.18 Å². The summed E-state index contributed by atoms with van der Waals surface area (Å²) in [4.78, 5) is 13.5. The molecule has 3 rings (SSSR count). The van der Waals surface area contributed by atoms with Crippen molar-refractivity contribution in [2.24, 2.45) is 0 Å². The van der Waals surface area contributed by atoms with Crippen molar-refractivity contribution in [1.29, 1.82) is 0 Å². The number of amides is 1. The first-order valence-electron chi connectivity index (χ1n) is 8.60. The quantitative estimate of drug-likeness (QED) is 0.547. The Bertz CT molecular complexity index is 867. The number of rotatable bonds is 7. The predicted molar refractivity (Wildman–Crippen MR) is 108 cm³/mol. The van der Waals surface area contributed by atoms with E-state index in [2.05, 4.69) is 17.4 Å². The molecule has 1 N–H and O–H groups in total. The highest BCUT2D eigenvalue weighted by Crippen LogP contribution is 2.23. The molecule has 0 aliphatic rings. The third-order valence-electron chi connectivity index (χ3n) is 3.87. The van der Waals surface area contributed by atoms with Crippen molar-refractivity contribution in [3.63, 3.8) is 0 Å². The maximum absolute atomic E-state index is 12.9. The molecule has 5 heteroatoms. The SMILES string of the molecule is C[C@@H](Oc1ccc(F)cc1)C(=O)Nc1ccc(CSc2ccccc2)cc1. The maximum atomic E-state index is 12.9. The van der Waals surface area contributed by atoms with Gasteiger partial charge in [-0.15, -0.1) is 11.8 Å². The minimum Gasteiger partial charge on any atom is -0.481 e. The lowest BCUT2D eigenvalue weighted by Crippen LogP contribution is -2.30. The van der Waals surface area contributed by atoms with Crippen LogP contribution < -0.4 is 10.1 Å². The molecule has 0 aliphatic heterocycles. The number of carbonyl (C=O) groups excluding carboxylic acids is 1. The second-order valence-corrected chi connectivity index (χ2v) is 7.05. The first kappa shape index (κ1) is 19.0. The first-order valence-corrected chi connectivity index (χ1v) is 9.58. The molecular formula is C22H20FNO2S. The van der Waals surface area contributed by atoms with Gasteiger partial charge in [-0.25, -0.2) is 4.39 Å². The fourth-order valence-electron chi connectivity index (χ4n) is 2.38. The molecule has 1 atom stereocenters. The number of thioether (sulfide) groups is 1. The highest BCUT2D eigenvalue weighted by molar-refractivity contribution is 7.98. The van der Waals surface area contributed by atoms with Crippen molar-refractivity contribution in [1.82, 2.24) is 0 Å². The van der Waals surface area contributed by atoms with Crippen LogP contribution in [0.2, 0.25) is 0 Å². The van der Waals surface area contributed by atoms with Gasteiger partial charge in [-0.3, -0.25) is 4.79 Å². The Morgan fingerprint density at radius 1 is 1.00 bits per heavy atom. The second-order valence-electron chi connectivity index (χ2n) is 6.00. The van der Waals surface area contributed by atoms with Crippen LogP contribution in [-0.2, 0) is 10.5 Å². The Kier molecular flexibility index (Phi) is 6.49. The monoisotopic (exact) mass is 381 g/mol. The summed E-state index contributed by atoms with van der Waals surface area (Å²) < 4.78 is 18.5. The van der Waals surface area contributed by atoms with Crippen LogP contribution in [-0.4, -0.2) is 12.0 Å². The largest absolute Gasteiger partial charge is 0.481 e. The molecule has 0 fully saturated rings. The van der Waals surface area contributed by atoms with E-state index in [4.69, 9.17) is 4.74 Å². The normalized spacial score (nSPS) is 11.6. The maximum Gasteiger partial charge on any atom is 0.265 e. The van der Waals surface area contributed by atoms with E-state index in [0.29, 0.717) is 11.4 Å². The second kappa shape index (κ2) is 9.24. The van der Waals surface area contributed by atoms with E-state index in [1.807, 2.05) is 42.5 Å². The molecule has 0 unspecified atom stereocenters. The van der Waals surface area contributed by atoms with E-state index in [1.54, 1.807) is 18.7 Å². The van der Waals surface area contributed by atoms with Gasteiger partial charge >= 0.3 is 0 Å². The van der Waals surface area contributed by atoms with Gasteiger partial charge < -0.3 is 10.1 Å². The van der Waals surface area contributed by atoms with Crippen LogP contribution in [0.15, 0.2) is 83.8 Å². The molecule has 1 amide bonds. The molecule has 0 saturated carbocycles. The molecule has 3 aromatic carbocycles. The summed E-state index contributed by atoms with van der Waals surface area (Å²) in [6.45, 7) is 1.66. The van der Waals surface area contributed by atoms with Crippen molar-refractivity contribution >= 4 is 23.4 Å². The van der Waals surface area contributed by atoms with Crippen molar-refractivity contribution in [2.45, 2.75) is 23.7 Å². The number of carbonyl (C=O) groups is 1. The molecular weight excluding hydrogens is 361 g/mol. The predicted octanol–water partition coefficient (Wildman–Crippen LogP) is 5.52. The van der Waals surface area contributed by atoms with E-state index in [1.165, 1.54) is 34.7 Å². The Balaban J connectivity index is 1.51. The Hall–Kier alpha value is -2.79. The van der Waals surface area contributed by atoms with E-state index in [-0.39, 0.29) is 11.7 Å². The number of ether oxygens (including phenoxy) is 1. The van der Waals surface area contributed by atoms with Crippen LogP contribution in [0.25, 0.3) is 0 Å². The van der Waals surface area contributed by atoms with E-state index in [0.717, 1.165) is 5.75 Å². The van der Waals surface area contributed by atoms with Crippen LogP contribution in [0.3, 0.4) is 0 Å². The third-order valence-corrected chi connectivity index (χ3v) is 4.95. The molecule has 3 aromatic rings. The minimum atomic E-state index is -0.691. The Labute approximate surface area is 162 Å². The Morgan fingerprint density at radius 3 is 2.33 bits per heavy atom. The van der Waals surface area contributed by atoms with Crippen LogP contribution in [0.1, 0.15) is 12.5 Å². The smallest absolute Gasteiger partial charge is 0.265 e. The van der Waals surface area contributed by atoms with Gasteiger partial charge in [0.2, 0.25) is 0 Å². The van der Waals surface area contributed by atoms with Gasteiger partial charge in [-0.2, -0.15) is 0 Å². The third kappa shape index (κ3) is 5.86. The fraction of sp³-hybridized carbons (Fsp3) is 0.136. The molecule has 0 saturated heterocycles. The summed E-state index contributed by atoms with van der Waals surface area (Å²) in [7, 11) is 0. The number of anilines is 1. The molecule has 0 aliphatic carbocycles. The average Bonchev–Trinajstić information content (AvgIpc) is 2.70. The summed E-state index contributed by atoms with van der Waals surface area (Å²) in [5.41, 5.74) is 1.89. The first-order chi connectivity index (χ1) is 13.1. The average molecular weight is 381 g/mol. The fourth-order valence-corrected chi connectivity index (χ4v) is 3.26. The summed E-state index contributed by atoms with van der Waals surface area (Å²) in [5.74, 6) is 0.713. The lowest BCUT2D eigenvalue weighted by Gasteiger charge is -2.15. The van der Waals surface area contributed by atoms with Gasteiger partial charge in [0.1, 0.15) is 11.6 Å². The van der Waals surface area contributed by atoms with Gasteiger partial charge in [0.15, 0.2) is 6.10 Å². The van der Waals surface area contributed by atoms with Crippen molar-refractivity contribution in [3.8, 4) is 5.75 Å². The van der Waals surface area contributed by atoms with E-state index < -0.39 is 6.10 Å². The number of hydrogen-bond acceptors (Lipinski definition) is 3. The molecule has 0 radical (unpaired) electrons. The van der Waals surface area contributed by atoms with Crippen molar-refractivity contribution < 1.29 is 13.9 Å². The van der Waals surface area contributed by atoms with Gasteiger partial charge in [-0.05, 0) is 61.0 Å². The van der Waals surface area contributed by atoms with Crippen LogP contribution in [0.4, 0.5) is 10.1 Å². The van der Waals surface area contributed by atoms with Crippen LogP contribution in [0, 0.1) is 5.82 Å². The van der Waals surface area contributed by atoms with Gasteiger partial charge in [0.25, 0.3) is 5.91 Å². The standard InChI is InChI=1S/C22H20FNO2S/c1-16(26-20-13-9-18(23)10-14-20)22(25)24-19-11-7-17(8-12-19)15-27-21-5-3-2-4-6-21/h2-14,16H,15H2,1H3,(H,24,25)/t16-/m1/s1. The number of nitrogens with one attached hydrogen (secondary N) is 1. The number of hydrogen-bond donors (Lipinski definition) is 1. The zero-order valence-electron chi connectivity index (χ0n) is 14.9. The topological polar surface area (TPSA) is 38.3 Å². The summed E-state index contributed by atoms with van der Waals surface area (Å²) in [6.07, 6.45) is -0.691. The zero-order chi connectivity index (χ0) is 19.1. The molecule has 27 heavy (non-hydrogen) atoms. The molecule has 0 heterocycles. The molecule has 0 bridgehead atoms. The number of halogens is 1. The highest BCUT2D eigenvalue weighted by Gasteiger charge is 2.15. The van der Waals surface area contributed by atoms with Gasteiger partial charge in [0, 0.05) is 16.3 Å². The van der Waals surface area contributed by atoms with Gasteiger partial charge in [0.05, 0.1) is 0 Å². The summed E-state index contributed by atoms with van der Waals surface area (Å²) in [6, 6.07) is 23.6. The lowest BCUT2D eigenvalue weighted by atomic mass is 10.2. The summed E-state index contributed by atoms with van der Waals surface area (Å²) in [5, 5.41) is 2.83. The van der Waals surface area contributed by atoms with E-state index >= 15 is 0 Å². The molecule has 0 aromatic heterocycles.